The predicted molar refractivity (Wildman–Crippen MR) is 87.5 cm³/mol. The maximum absolute atomic E-state index is 5.38. The zero-order valence-electron chi connectivity index (χ0n) is 12.2. The molecule has 0 aliphatic carbocycles. The van der Waals surface area contributed by atoms with Gasteiger partial charge in [-0.05, 0) is 22.4 Å². The van der Waals surface area contributed by atoms with E-state index in [-0.39, 0.29) is 0 Å². The van der Waals surface area contributed by atoms with Gasteiger partial charge in [0.25, 0.3) is 0 Å². The third-order valence-corrected chi connectivity index (χ3v) is 3.70. The summed E-state index contributed by atoms with van der Waals surface area (Å²) < 4.78 is 5.38. The number of rotatable bonds is 5. The van der Waals surface area contributed by atoms with Gasteiger partial charge in [-0.25, -0.2) is 0 Å². The largest absolute Gasteiger partial charge is 0.496 e. The Bertz CT molecular complexity index is 731. The molecule has 0 bridgehead atoms. The van der Waals surface area contributed by atoms with Gasteiger partial charge >= 0.3 is 0 Å². The molecule has 2 nitrogen and oxygen atoms in total. The molecule has 0 aromatic heterocycles. The van der Waals surface area contributed by atoms with E-state index >= 15 is 0 Å². The number of hydrogen-bond donors (Lipinski definition) is 1. The summed E-state index contributed by atoms with van der Waals surface area (Å²) in [5, 5.41) is 6.10. The van der Waals surface area contributed by atoms with Crippen molar-refractivity contribution in [3.63, 3.8) is 0 Å². The van der Waals surface area contributed by atoms with E-state index in [0.717, 1.165) is 18.8 Å². The van der Waals surface area contributed by atoms with Gasteiger partial charge in [-0.2, -0.15) is 0 Å². The van der Waals surface area contributed by atoms with E-state index in [0.29, 0.717) is 0 Å². The molecule has 21 heavy (non-hydrogen) atoms. The molecule has 0 spiro atoms. The number of ether oxygens (including phenoxy) is 1. The SMILES string of the molecule is COc1ccccc1CNCc1cccc2ccccc12. The highest BCUT2D eigenvalue weighted by Crippen LogP contribution is 2.19. The van der Waals surface area contributed by atoms with E-state index in [1.54, 1.807) is 7.11 Å². The fourth-order valence-electron chi connectivity index (χ4n) is 2.63. The second-order valence-corrected chi connectivity index (χ2v) is 5.05. The van der Waals surface area contributed by atoms with Gasteiger partial charge < -0.3 is 10.1 Å². The summed E-state index contributed by atoms with van der Waals surface area (Å²) in [6.07, 6.45) is 0. The number of fused-ring (bicyclic) bond motifs is 1. The second-order valence-electron chi connectivity index (χ2n) is 5.05. The molecular formula is C19H19NO. The third kappa shape index (κ3) is 3.06. The molecular weight excluding hydrogens is 258 g/mol. The molecule has 0 aliphatic heterocycles. The Balaban J connectivity index is 1.72. The molecule has 0 atom stereocenters. The summed E-state index contributed by atoms with van der Waals surface area (Å²) in [6.45, 7) is 1.65. The first-order chi connectivity index (χ1) is 10.4. The first-order valence-corrected chi connectivity index (χ1v) is 7.18. The Morgan fingerprint density at radius 3 is 2.33 bits per heavy atom. The Morgan fingerprint density at radius 2 is 1.43 bits per heavy atom. The van der Waals surface area contributed by atoms with Crippen molar-refractivity contribution in [3.8, 4) is 5.75 Å². The molecule has 0 aliphatic rings. The van der Waals surface area contributed by atoms with Crippen LogP contribution in [0.2, 0.25) is 0 Å². The van der Waals surface area contributed by atoms with E-state index in [1.165, 1.54) is 21.9 Å². The first-order valence-electron chi connectivity index (χ1n) is 7.18. The lowest BCUT2D eigenvalue weighted by molar-refractivity contribution is 0.407. The number of hydrogen-bond acceptors (Lipinski definition) is 2. The van der Waals surface area contributed by atoms with Crippen molar-refractivity contribution in [2.75, 3.05) is 7.11 Å². The van der Waals surface area contributed by atoms with Crippen LogP contribution >= 0.6 is 0 Å². The van der Waals surface area contributed by atoms with Crippen LogP contribution in [0.4, 0.5) is 0 Å². The molecule has 3 aromatic rings. The average molecular weight is 277 g/mol. The van der Waals surface area contributed by atoms with Crippen LogP contribution in [0.3, 0.4) is 0 Å². The van der Waals surface area contributed by atoms with E-state index < -0.39 is 0 Å². The molecule has 0 saturated heterocycles. The topological polar surface area (TPSA) is 21.3 Å². The molecule has 0 radical (unpaired) electrons. The van der Waals surface area contributed by atoms with Gasteiger partial charge in [-0.15, -0.1) is 0 Å². The minimum Gasteiger partial charge on any atom is -0.496 e. The summed E-state index contributed by atoms with van der Waals surface area (Å²) in [5.41, 5.74) is 2.50. The van der Waals surface area contributed by atoms with Gasteiger partial charge in [0.2, 0.25) is 0 Å². The highest BCUT2D eigenvalue weighted by atomic mass is 16.5. The number of para-hydroxylation sites is 1. The van der Waals surface area contributed by atoms with Gasteiger partial charge in [-0.1, -0.05) is 60.7 Å². The average Bonchev–Trinajstić information content (AvgIpc) is 2.55. The Hall–Kier alpha value is -2.32. The summed E-state index contributed by atoms with van der Waals surface area (Å²) in [7, 11) is 1.71. The molecule has 0 amide bonds. The Kier molecular flexibility index (Phi) is 4.17. The molecule has 0 fully saturated rings. The fraction of sp³-hybridized carbons (Fsp3) is 0.158. The summed E-state index contributed by atoms with van der Waals surface area (Å²) in [5.74, 6) is 0.933. The molecule has 0 saturated carbocycles. The number of benzene rings is 3. The molecule has 0 unspecified atom stereocenters. The van der Waals surface area contributed by atoms with Crippen LogP contribution in [-0.2, 0) is 13.1 Å². The van der Waals surface area contributed by atoms with Crippen molar-refractivity contribution < 1.29 is 4.74 Å². The second kappa shape index (κ2) is 6.42. The van der Waals surface area contributed by atoms with Crippen molar-refractivity contribution >= 4 is 10.8 Å². The minimum absolute atomic E-state index is 0.799. The van der Waals surface area contributed by atoms with Gasteiger partial charge in [-0.3, -0.25) is 0 Å². The molecule has 1 N–H and O–H groups in total. The molecule has 3 rings (SSSR count). The van der Waals surface area contributed by atoms with Crippen molar-refractivity contribution in [2.45, 2.75) is 13.1 Å². The van der Waals surface area contributed by atoms with Crippen molar-refractivity contribution in [2.24, 2.45) is 0 Å². The number of methoxy groups -OCH3 is 1. The fourth-order valence-corrected chi connectivity index (χ4v) is 2.63. The van der Waals surface area contributed by atoms with Crippen LogP contribution in [0.15, 0.2) is 66.7 Å². The highest BCUT2D eigenvalue weighted by Gasteiger charge is 2.03. The van der Waals surface area contributed by atoms with E-state index in [1.807, 2.05) is 18.2 Å². The summed E-state index contributed by atoms with van der Waals surface area (Å²) in [6, 6.07) is 23.1. The van der Waals surface area contributed by atoms with Gasteiger partial charge in [0, 0.05) is 18.7 Å². The minimum atomic E-state index is 0.799. The smallest absolute Gasteiger partial charge is 0.123 e. The molecule has 2 heteroatoms. The van der Waals surface area contributed by atoms with Crippen molar-refractivity contribution in [3.05, 3.63) is 77.9 Å². The molecule has 3 aromatic carbocycles. The summed E-state index contributed by atoms with van der Waals surface area (Å²) >= 11 is 0. The van der Waals surface area contributed by atoms with Crippen LogP contribution in [0.5, 0.6) is 5.75 Å². The standard InChI is InChI=1S/C19H19NO/c1-21-19-12-5-3-8-17(19)14-20-13-16-10-6-9-15-7-2-4-11-18(15)16/h2-12,20H,13-14H2,1H3. The van der Waals surface area contributed by atoms with Gasteiger partial charge in [0.15, 0.2) is 0 Å². The summed E-state index contributed by atoms with van der Waals surface area (Å²) in [4.78, 5) is 0. The lowest BCUT2D eigenvalue weighted by Crippen LogP contribution is -2.13. The monoisotopic (exact) mass is 277 g/mol. The van der Waals surface area contributed by atoms with Gasteiger partial charge in [0.05, 0.1) is 7.11 Å². The molecule has 106 valence electrons. The van der Waals surface area contributed by atoms with Crippen molar-refractivity contribution in [1.29, 1.82) is 0 Å². The number of nitrogens with one attached hydrogen (secondary N) is 1. The Labute approximate surface area is 125 Å². The van der Waals surface area contributed by atoms with E-state index in [9.17, 15) is 0 Å². The van der Waals surface area contributed by atoms with E-state index in [4.69, 9.17) is 4.74 Å². The van der Waals surface area contributed by atoms with E-state index in [2.05, 4.69) is 53.8 Å². The maximum Gasteiger partial charge on any atom is 0.123 e. The zero-order valence-corrected chi connectivity index (χ0v) is 12.2. The molecule has 0 heterocycles. The predicted octanol–water partition coefficient (Wildman–Crippen LogP) is 4.14. The Morgan fingerprint density at radius 1 is 0.762 bits per heavy atom. The van der Waals surface area contributed by atoms with Crippen LogP contribution in [0.1, 0.15) is 11.1 Å². The van der Waals surface area contributed by atoms with Crippen LogP contribution in [0.25, 0.3) is 10.8 Å². The third-order valence-electron chi connectivity index (χ3n) is 3.70. The van der Waals surface area contributed by atoms with Crippen LogP contribution in [0, 0.1) is 0 Å². The lowest BCUT2D eigenvalue weighted by Gasteiger charge is -2.11. The first kappa shape index (κ1) is 13.7. The normalized spacial score (nSPS) is 10.7. The zero-order chi connectivity index (χ0) is 14.5. The van der Waals surface area contributed by atoms with Crippen LogP contribution in [-0.4, -0.2) is 7.11 Å². The highest BCUT2D eigenvalue weighted by molar-refractivity contribution is 5.85. The quantitative estimate of drug-likeness (QED) is 0.757. The maximum atomic E-state index is 5.38. The van der Waals surface area contributed by atoms with Crippen LogP contribution < -0.4 is 10.1 Å². The van der Waals surface area contributed by atoms with Crippen molar-refractivity contribution in [1.82, 2.24) is 5.32 Å². The lowest BCUT2D eigenvalue weighted by atomic mass is 10.0. The van der Waals surface area contributed by atoms with Gasteiger partial charge in [0.1, 0.15) is 5.75 Å².